The summed E-state index contributed by atoms with van der Waals surface area (Å²) in [5, 5.41) is 1.02. The van der Waals surface area contributed by atoms with Gasteiger partial charge in [0.25, 0.3) is 5.56 Å². The molecule has 0 saturated carbocycles. The lowest BCUT2D eigenvalue weighted by Crippen LogP contribution is -2.16. The molecule has 0 aliphatic heterocycles. The van der Waals surface area contributed by atoms with Gasteiger partial charge >= 0.3 is 0 Å². The Morgan fingerprint density at radius 1 is 1.19 bits per heavy atom. The Morgan fingerprint density at radius 3 is 2.86 bits per heavy atom. The van der Waals surface area contributed by atoms with Crippen LogP contribution in [0.2, 0.25) is 0 Å². The first-order valence-electron chi connectivity index (χ1n) is 7.14. The molecule has 0 radical (unpaired) electrons. The SMILES string of the molecule is CCCc1nc(-c2cccc3ncccc23)c(C)c(=O)[nH]1. The van der Waals surface area contributed by atoms with Crippen molar-refractivity contribution in [3.8, 4) is 11.3 Å². The number of hydrogen-bond donors (Lipinski definition) is 1. The van der Waals surface area contributed by atoms with Crippen molar-refractivity contribution in [2.24, 2.45) is 0 Å². The fourth-order valence-electron chi connectivity index (χ4n) is 2.51. The van der Waals surface area contributed by atoms with Gasteiger partial charge in [-0.25, -0.2) is 4.98 Å². The average Bonchev–Trinajstić information content (AvgIpc) is 2.50. The topological polar surface area (TPSA) is 58.6 Å². The van der Waals surface area contributed by atoms with Crippen LogP contribution in [0.4, 0.5) is 0 Å². The Hall–Kier alpha value is -2.49. The second kappa shape index (κ2) is 5.48. The van der Waals surface area contributed by atoms with Gasteiger partial charge in [0.15, 0.2) is 0 Å². The molecule has 0 fully saturated rings. The van der Waals surface area contributed by atoms with E-state index < -0.39 is 0 Å². The lowest BCUT2D eigenvalue weighted by Gasteiger charge is -2.09. The summed E-state index contributed by atoms with van der Waals surface area (Å²) < 4.78 is 0. The van der Waals surface area contributed by atoms with Gasteiger partial charge in [0.1, 0.15) is 5.82 Å². The van der Waals surface area contributed by atoms with E-state index in [-0.39, 0.29) is 5.56 Å². The molecule has 0 atom stereocenters. The van der Waals surface area contributed by atoms with Crippen LogP contribution in [0.3, 0.4) is 0 Å². The van der Waals surface area contributed by atoms with E-state index in [4.69, 9.17) is 0 Å². The summed E-state index contributed by atoms with van der Waals surface area (Å²) in [7, 11) is 0. The first kappa shape index (κ1) is 13.5. The van der Waals surface area contributed by atoms with E-state index >= 15 is 0 Å². The summed E-state index contributed by atoms with van der Waals surface area (Å²) in [5.74, 6) is 0.740. The predicted molar refractivity (Wildman–Crippen MR) is 84.3 cm³/mol. The predicted octanol–water partition coefficient (Wildman–Crippen LogP) is 3.25. The molecular weight excluding hydrogens is 262 g/mol. The van der Waals surface area contributed by atoms with Crippen molar-refractivity contribution in [1.29, 1.82) is 0 Å². The Morgan fingerprint density at radius 2 is 2.05 bits per heavy atom. The molecule has 4 nitrogen and oxygen atoms in total. The molecule has 3 aromatic rings. The largest absolute Gasteiger partial charge is 0.310 e. The highest BCUT2D eigenvalue weighted by molar-refractivity contribution is 5.94. The van der Waals surface area contributed by atoms with Crippen molar-refractivity contribution in [2.45, 2.75) is 26.7 Å². The molecule has 1 aromatic carbocycles. The zero-order chi connectivity index (χ0) is 14.8. The number of fused-ring (bicyclic) bond motifs is 1. The quantitative estimate of drug-likeness (QED) is 0.800. The second-order valence-electron chi connectivity index (χ2n) is 5.11. The molecule has 0 unspecified atom stereocenters. The number of nitrogens with zero attached hydrogens (tertiary/aromatic N) is 2. The summed E-state index contributed by atoms with van der Waals surface area (Å²) in [4.78, 5) is 24.0. The summed E-state index contributed by atoms with van der Waals surface area (Å²) in [6.07, 6.45) is 3.49. The minimum absolute atomic E-state index is 0.0654. The number of pyridine rings is 1. The highest BCUT2D eigenvalue weighted by Crippen LogP contribution is 2.27. The fourth-order valence-corrected chi connectivity index (χ4v) is 2.51. The van der Waals surface area contributed by atoms with Crippen LogP contribution in [0.25, 0.3) is 22.2 Å². The highest BCUT2D eigenvalue weighted by Gasteiger charge is 2.12. The number of nitrogens with one attached hydrogen (secondary N) is 1. The van der Waals surface area contributed by atoms with E-state index in [1.54, 1.807) is 6.20 Å². The smallest absolute Gasteiger partial charge is 0.254 e. The lowest BCUT2D eigenvalue weighted by atomic mass is 10.0. The van der Waals surface area contributed by atoms with Gasteiger partial charge in [-0.05, 0) is 25.5 Å². The molecule has 1 N–H and O–H groups in total. The Labute approximate surface area is 122 Å². The summed E-state index contributed by atoms with van der Waals surface area (Å²) >= 11 is 0. The van der Waals surface area contributed by atoms with Crippen molar-refractivity contribution in [1.82, 2.24) is 15.0 Å². The van der Waals surface area contributed by atoms with Crippen LogP contribution in [0.5, 0.6) is 0 Å². The van der Waals surface area contributed by atoms with Crippen LogP contribution in [-0.2, 0) is 6.42 Å². The number of benzene rings is 1. The molecule has 0 bridgehead atoms. The van der Waals surface area contributed by atoms with Crippen molar-refractivity contribution < 1.29 is 0 Å². The van der Waals surface area contributed by atoms with Gasteiger partial charge < -0.3 is 4.98 Å². The number of aromatic amines is 1. The zero-order valence-electron chi connectivity index (χ0n) is 12.2. The van der Waals surface area contributed by atoms with Crippen LogP contribution in [0, 0.1) is 6.92 Å². The Kier molecular flexibility index (Phi) is 3.52. The zero-order valence-corrected chi connectivity index (χ0v) is 12.2. The van der Waals surface area contributed by atoms with Crippen LogP contribution >= 0.6 is 0 Å². The maximum absolute atomic E-state index is 12.1. The van der Waals surface area contributed by atoms with Gasteiger partial charge in [-0.3, -0.25) is 9.78 Å². The molecule has 2 aromatic heterocycles. The molecule has 0 aliphatic rings. The number of hydrogen-bond acceptors (Lipinski definition) is 3. The minimum atomic E-state index is -0.0654. The van der Waals surface area contributed by atoms with E-state index in [2.05, 4.69) is 21.9 Å². The number of rotatable bonds is 3. The summed E-state index contributed by atoms with van der Waals surface area (Å²) in [5.41, 5.74) is 3.20. The standard InChI is InChI=1S/C17H17N3O/c1-3-6-15-19-16(11(2)17(21)20-15)13-7-4-9-14-12(13)8-5-10-18-14/h4-5,7-10H,3,6H2,1-2H3,(H,19,20,21). The fraction of sp³-hybridized carbons (Fsp3) is 0.235. The maximum Gasteiger partial charge on any atom is 0.254 e. The molecule has 3 rings (SSSR count). The molecular formula is C17H17N3O. The highest BCUT2D eigenvalue weighted by atomic mass is 16.1. The molecule has 21 heavy (non-hydrogen) atoms. The molecule has 106 valence electrons. The monoisotopic (exact) mass is 279 g/mol. The number of aromatic nitrogens is 3. The van der Waals surface area contributed by atoms with Gasteiger partial charge in [-0.15, -0.1) is 0 Å². The van der Waals surface area contributed by atoms with Crippen molar-refractivity contribution in [3.05, 3.63) is 58.3 Å². The molecule has 0 amide bonds. The number of H-pyrrole nitrogens is 1. The third-order valence-electron chi connectivity index (χ3n) is 3.59. The van der Waals surface area contributed by atoms with Gasteiger partial charge in [0, 0.05) is 29.1 Å². The van der Waals surface area contributed by atoms with Crippen LogP contribution in [-0.4, -0.2) is 15.0 Å². The molecule has 2 heterocycles. The first-order valence-corrected chi connectivity index (χ1v) is 7.14. The van der Waals surface area contributed by atoms with E-state index in [0.717, 1.165) is 40.8 Å². The normalized spacial score (nSPS) is 11.0. The first-order chi connectivity index (χ1) is 10.2. The molecule has 0 aliphatic carbocycles. The van der Waals surface area contributed by atoms with E-state index in [9.17, 15) is 4.79 Å². The molecule has 0 spiro atoms. The maximum atomic E-state index is 12.1. The van der Waals surface area contributed by atoms with E-state index in [0.29, 0.717) is 5.56 Å². The number of aryl methyl sites for hydroxylation is 1. The molecule has 0 saturated heterocycles. The summed E-state index contributed by atoms with van der Waals surface area (Å²) in [6, 6.07) is 9.83. The van der Waals surface area contributed by atoms with E-state index in [1.165, 1.54) is 0 Å². The Bertz CT molecular complexity index is 847. The average molecular weight is 279 g/mol. The minimum Gasteiger partial charge on any atom is -0.310 e. The van der Waals surface area contributed by atoms with Gasteiger partial charge in [0.05, 0.1) is 11.2 Å². The van der Waals surface area contributed by atoms with Crippen molar-refractivity contribution in [3.63, 3.8) is 0 Å². The van der Waals surface area contributed by atoms with Crippen LogP contribution < -0.4 is 5.56 Å². The van der Waals surface area contributed by atoms with Gasteiger partial charge in [0.2, 0.25) is 0 Å². The van der Waals surface area contributed by atoms with Gasteiger partial charge in [-0.1, -0.05) is 25.1 Å². The summed E-state index contributed by atoms with van der Waals surface area (Å²) in [6.45, 7) is 3.88. The van der Waals surface area contributed by atoms with Crippen molar-refractivity contribution in [2.75, 3.05) is 0 Å². The van der Waals surface area contributed by atoms with Crippen LogP contribution in [0.1, 0.15) is 24.7 Å². The van der Waals surface area contributed by atoms with Crippen molar-refractivity contribution >= 4 is 10.9 Å². The molecule has 4 heteroatoms. The lowest BCUT2D eigenvalue weighted by molar-refractivity contribution is 0.823. The third-order valence-corrected chi connectivity index (χ3v) is 3.59. The Balaban J connectivity index is 2.30. The van der Waals surface area contributed by atoms with E-state index in [1.807, 2.05) is 37.3 Å². The second-order valence-corrected chi connectivity index (χ2v) is 5.11. The van der Waals surface area contributed by atoms with Gasteiger partial charge in [-0.2, -0.15) is 0 Å². The van der Waals surface area contributed by atoms with Crippen LogP contribution in [0.15, 0.2) is 41.3 Å². The third kappa shape index (κ3) is 2.44.